The van der Waals surface area contributed by atoms with Crippen LogP contribution in [0.1, 0.15) is 65.2 Å². The van der Waals surface area contributed by atoms with Gasteiger partial charge < -0.3 is 9.30 Å². The highest BCUT2D eigenvalue weighted by Crippen LogP contribution is 2.44. The van der Waals surface area contributed by atoms with E-state index in [0.29, 0.717) is 11.5 Å². The van der Waals surface area contributed by atoms with Crippen molar-refractivity contribution >= 4 is 54.6 Å². The Morgan fingerprint density at radius 2 is 1.08 bits per heavy atom. The number of hydrogen-bond acceptors (Lipinski definition) is 2. The van der Waals surface area contributed by atoms with Crippen LogP contribution in [0.15, 0.2) is 219 Å². The smallest absolute Gasteiger partial charge is 0.269 e. The highest BCUT2D eigenvalue weighted by Gasteiger charge is 2.26. The molecule has 13 aromatic rings. The molecule has 0 spiro atoms. The van der Waals surface area contributed by atoms with Crippen molar-refractivity contribution in [1.29, 1.82) is 0 Å². The van der Waals surface area contributed by atoms with Crippen molar-refractivity contribution in [3.05, 3.63) is 242 Å². The summed E-state index contributed by atoms with van der Waals surface area (Å²) in [6.45, 7) is 16.0. The van der Waals surface area contributed by atoms with E-state index in [1.807, 2.05) is 12.3 Å². The van der Waals surface area contributed by atoms with Gasteiger partial charge in [-0.15, -0.1) is 0 Å². The number of para-hydroxylation sites is 6. The molecule has 0 fully saturated rings. The lowest BCUT2D eigenvalue weighted by Crippen LogP contribution is -2.31. The van der Waals surface area contributed by atoms with Crippen LogP contribution in [0, 0.1) is 6.33 Å². The van der Waals surface area contributed by atoms with Gasteiger partial charge in [0.2, 0.25) is 0 Å². The van der Waals surface area contributed by atoms with E-state index >= 15 is 0 Å². The lowest BCUT2D eigenvalue weighted by Gasteiger charge is -2.27. The number of fused-ring (bicyclic) bond motifs is 7. The Labute approximate surface area is 444 Å². The fourth-order valence-corrected chi connectivity index (χ4v) is 11.3. The Morgan fingerprint density at radius 1 is 0.487 bits per heavy atom. The van der Waals surface area contributed by atoms with E-state index in [-0.39, 0.29) is 10.8 Å². The summed E-state index contributed by atoms with van der Waals surface area (Å²) < 4.78 is 16.4. The number of nitrogens with zero attached hydrogens (tertiary/aromatic N) is 5. The van der Waals surface area contributed by atoms with E-state index in [0.717, 1.165) is 89.9 Å². The van der Waals surface area contributed by atoms with Crippen molar-refractivity contribution in [2.45, 2.75) is 65.7 Å². The molecule has 6 nitrogen and oxygen atoms in total. The summed E-state index contributed by atoms with van der Waals surface area (Å²) in [5, 5.41) is 4.67. The van der Waals surface area contributed by atoms with Gasteiger partial charge in [-0.25, -0.2) is 4.98 Å². The van der Waals surface area contributed by atoms with Gasteiger partial charge in [0.05, 0.1) is 50.2 Å². The van der Waals surface area contributed by atoms with Crippen molar-refractivity contribution in [3.63, 3.8) is 0 Å². The highest BCUT2D eigenvalue weighted by molar-refractivity contribution is 6.16. The maximum Gasteiger partial charge on any atom is 0.269 e. The van der Waals surface area contributed by atoms with E-state index < -0.39 is 0 Å². The van der Waals surface area contributed by atoms with Crippen LogP contribution in [0.3, 0.4) is 0 Å². The standard InChI is InChI=1S/C70H59N5O/c1-8-46-36-37-71-66(38-46)75-61-33-17-14-28-58(61)67-64(74-59-31-15-12-26-56(59)57-27-13-16-32-60(57)74)43-53(44-65(67)75)76-52-25-20-24-51(42-52)72-45-73(63-35-19-18-34-62(63)72)68-54(47-22-10-9-11-23-47)29-21-30-55(68)48-39-49(69(2,3)4)41-50(40-48)70(5,6)7/h9-44H,8H2,1-7H3. The lowest BCUT2D eigenvalue weighted by molar-refractivity contribution is -0.571. The molecule has 9 aromatic carbocycles. The summed E-state index contributed by atoms with van der Waals surface area (Å²) in [4.78, 5) is 5.01. The van der Waals surface area contributed by atoms with Crippen molar-refractivity contribution in [2.24, 2.45) is 0 Å². The summed E-state index contributed by atoms with van der Waals surface area (Å²) in [7, 11) is 0. The molecule has 0 saturated carbocycles. The zero-order valence-corrected chi connectivity index (χ0v) is 44.1. The number of imidazole rings is 1. The summed E-state index contributed by atoms with van der Waals surface area (Å²) in [6.07, 6.45) is 6.75. The minimum atomic E-state index is -0.0514. The molecule has 0 unspecified atom stereocenters. The average Bonchev–Trinajstić information content (AvgIpc) is 4.11. The summed E-state index contributed by atoms with van der Waals surface area (Å²) in [5.74, 6) is 2.28. The number of benzene rings is 9. The van der Waals surface area contributed by atoms with Gasteiger partial charge in [-0.05, 0) is 105 Å². The third-order valence-electron chi connectivity index (χ3n) is 15.2. The highest BCUT2D eigenvalue weighted by atomic mass is 16.5. The zero-order valence-electron chi connectivity index (χ0n) is 44.1. The maximum absolute atomic E-state index is 7.20. The first kappa shape index (κ1) is 46.8. The molecule has 13 rings (SSSR count). The molecule has 76 heavy (non-hydrogen) atoms. The van der Waals surface area contributed by atoms with Gasteiger partial charge in [-0.3, -0.25) is 13.7 Å². The van der Waals surface area contributed by atoms with Crippen LogP contribution in [0.4, 0.5) is 0 Å². The fraction of sp³-hybridized carbons (Fsp3) is 0.143. The zero-order chi connectivity index (χ0) is 51.9. The Bertz CT molecular complexity index is 4300. The minimum absolute atomic E-state index is 0.0514. The Kier molecular flexibility index (Phi) is 11.2. The molecule has 4 aromatic heterocycles. The molecule has 0 aliphatic heterocycles. The predicted molar refractivity (Wildman–Crippen MR) is 314 cm³/mol. The van der Waals surface area contributed by atoms with Gasteiger partial charge >= 0.3 is 0 Å². The molecule has 0 radical (unpaired) electrons. The number of aryl methyl sites for hydroxylation is 1. The minimum Gasteiger partial charge on any atom is -0.458 e. The van der Waals surface area contributed by atoms with Gasteiger partial charge in [0.15, 0.2) is 0 Å². The third kappa shape index (κ3) is 7.95. The van der Waals surface area contributed by atoms with Crippen LogP contribution in [0.5, 0.6) is 11.5 Å². The van der Waals surface area contributed by atoms with Gasteiger partial charge in [-0.2, -0.15) is 0 Å². The van der Waals surface area contributed by atoms with E-state index in [1.165, 1.54) is 33.0 Å². The Morgan fingerprint density at radius 3 is 1.75 bits per heavy atom. The first-order valence-corrected chi connectivity index (χ1v) is 26.5. The van der Waals surface area contributed by atoms with Crippen LogP contribution in [0.25, 0.3) is 99.8 Å². The van der Waals surface area contributed by atoms with Crippen LogP contribution in [-0.2, 0) is 17.3 Å². The SMILES string of the molecule is CCc1ccnc(-n2c3ccccc3c3c(-n4c5ccccc5c5ccccc54)cc(Oc4cccc(-n5[c-][n+](-c6c(-c7ccccc7)cccc6-c6cc(C(C)(C)C)cc(C(C)(C)C)c6)c6ccccc65)c4)cc32)c1. The third-order valence-corrected chi connectivity index (χ3v) is 15.2. The van der Waals surface area contributed by atoms with Crippen molar-refractivity contribution < 1.29 is 9.30 Å². The number of ether oxygens (including phenoxy) is 1. The summed E-state index contributed by atoms with van der Waals surface area (Å²) >= 11 is 0. The predicted octanol–water partition coefficient (Wildman–Crippen LogP) is 17.6. The van der Waals surface area contributed by atoms with E-state index in [9.17, 15) is 0 Å². The largest absolute Gasteiger partial charge is 0.458 e. The molecule has 4 heterocycles. The first-order chi connectivity index (χ1) is 36.9. The Balaban J connectivity index is 1.01. The van der Waals surface area contributed by atoms with E-state index in [4.69, 9.17) is 9.72 Å². The second-order valence-electron chi connectivity index (χ2n) is 22.2. The normalized spacial score (nSPS) is 12.2. The Hall–Kier alpha value is -9.00. The molecule has 0 aliphatic carbocycles. The van der Waals surface area contributed by atoms with Crippen molar-refractivity contribution in [1.82, 2.24) is 18.7 Å². The van der Waals surface area contributed by atoms with Crippen molar-refractivity contribution in [2.75, 3.05) is 0 Å². The van der Waals surface area contributed by atoms with Crippen LogP contribution in [0.2, 0.25) is 0 Å². The molecule has 6 heteroatoms. The topological polar surface area (TPSA) is 40.8 Å². The van der Waals surface area contributed by atoms with Crippen LogP contribution in [-0.4, -0.2) is 18.7 Å². The molecule has 0 amide bonds. The molecule has 0 bridgehead atoms. The fourth-order valence-electron chi connectivity index (χ4n) is 11.3. The second kappa shape index (κ2) is 18.1. The number of rotatable bonds is 9. The van der Waals surface area contributed by atoms with Crippen LogP contribution >= 0.6 is 0 Å². The molecule has 0 N–H and O–H groups in total. The number of pyridine rings is 1. The summed E-state index contributed by atoms with van der Waals surface area (Å²) in [5.41, 5.74) is 17.8. The maximum atomic E-state index is 7.20. The number of hydrogen-bond donors (Lipinski definition) is 0. The first-order valence-electron chi connectivity index (χ1n) is 26.5. The molecule has 370 valence electrons. The summed E-state index contributed by atoms with van der Waals surface area (Å²) in [6, 6.07) is 76.5. The van der Waals surface area contributed by atoms with Gasteiger partial charge in [0.1, 0.15) is 17.3 Å². The quantitative estimate of drug-likeness (QED) is 0.107. The van der Waals surface area contributed by atoms with Gasteiger partial charge in [0, 0.05) is 39.9 Å². The molecular weight excluding hydrogens is 927 g/mol. The van der Waals surface area contributed by atoms with Gasteiger partial charge in [0.25, 0.3) is 6.33 Å². The van der Waals surface area contributed by atoms with Crippen molar-refractivity contribution in [3.8, 4) is 56.6 Å². The molecule has 0 atom stereocenters. The van der Waals surface area contributed by atoms with Crippen LogP contribution < -0.4 is 9.30 Å². The molecule has 0 saturated heterocycles. The monoisotopic (exact) mass is 985 g/mol. The van der Waals surface area contributed by atoms with Gasteiger partial charge in [-0.1, -0.05) is 200 Å². The van der Waals surface area contributed by atoms with E-state index in [2.05, 4.69) is 279 Å². The molecular formula is C70H59N5O. The second-order valence-corrected chi connectivity index (χ2v) is 22.2. The van der Waals surface area contributed by atoms with E-state index in [1.54, 1.807) is 0 Å². The average molecular weight is 986 g/mol. The lowest BCUT2D eigenvalue weighted by atomic mass is 9.78. The molecule has 0 aliphatic rings. The number of aromatic nitrogens is 5.